The first kappa shape index (κ1) is 14.4. The van der Waals surface area contributed by atoms with Crippen molar-refractivity contribution in [2.75, 3.05) is 4.72 Å². The fraction of sp³-hybridized carbons (Fsp3) is 0.182. The fourth-order valence-electron chi connectivity index (χ4n) is 1.44. The van der Waals surface area contributed by atoms with Gasteiger partial charge in [0.05, 0.1) is 9.92 Å². The van der Waals surface area contributed by atoms with Crippen LogP contribution in [0.2, 0.25) is 5.02 Å². The Morgan fingerprint density at radius 3 is 2.74 bits per heavy atom. The number of hydrogen-bond acceptors (Lipinski definition) is 3. The maximum absolute atomic E-state index is 12.1. The predicted octanol–water partition coefficient (Wildman–Crippen LogP) is 3.19. The van der Waals surface area contributed by atoms with Crippen molar-refractivity contribution in [2.45, 2.75) is 18.2 Å². The average Bonchev–Trinajstić information content (AvgIpc) is 2.79. The van der Waals surface area contributed by atoms with Crippen LogP contribution in [0.25, 0.3) is 0 Å². The Morgan fingerprint density at radius 1 is 1.42 bits per heavy atom. The van der Waals surface area contributed by atoms with Crippen molar-refractivity contribution in [1.82, 2.24) is 10.2 Å². The van der Waals surface area contributed by atoms with Crippen LogP contribution < -0.4 is 4.72 Å². The van der Waals surface area contributed by atoms with E-state index >= 15 is 0 Å². The number of aryl methyl sites for hydroxylation is 1. The number of nitrogens with one attached hydrogen (secondary N) is 2. The van der Waals surface area contributed by atoms with Crippen molar-refractivity contribution in [3.05, 3.63) is 39.5 Å². The molecule has 0 unspecified atom stereocenters. The Labute approximate surface area is 124 Å². The molecule has 0 radical (unpaired) electrons. The average molecular weight is 365 g/mol. The van der Waals surface area contributed by atoms with Gasteiger partial charge < -0.3 is 0 Å². The topological polar surface area (TPSA) is 74.8 Å². The van der Waals surface area contributed by atoms with Crippen LogP contribution in [-0.4, -0.2) is 18.6 Å². The fourth-order valence-corrected chi connectivity index (χ4v) is 3.10. The van der Waals surface area contributed by atoms with E-state index < -0.39 is 10.0 Å². The van der Waals surface area contributed by atoms with Crippen LogP contribution in [0.1, 0.15) is 12.6 Å². The first-order chi connectivity index (χ1) is 8.92. The second-order valence-corrected chi connectivity index (χ2v) is 6.76. The molecule has 2 N–H and O–H groups in total. The number of aromatic nitrogens is 2. The summed E-state index contributed by atoms with van der Waals surface area (Å²) in [4.78, 5) is 0.116. The third-order valence-corrected chi connectivity index (χ3v) is 5.02. The van der Waals surface area contributed by atoms with Crippen LogP contribution in [-0.2, 0) is 16.4 Å². The first-order valence-electron chi connectivity index (χ1n) is 5.44. The normalized spacial score (nSPS) is 11.5. The standard InChI is InChI=1S/C11H11BrClN3O2S/c1-2-7-5-11(15-14-7)16-19(17,18)8-3-4-10(13)9(12)6-8/h3-6H,2H2,1H3,(H2,14,15,16). The van der Waals surface area contributed by atoms with Gasteiger partial charge in [-0.1, -0.05) is 18.5 Å². The first-order valence-corrected chi connectivity index (χ1v) is 8.10. The lowest BCUT2D eigenvalue weighted by Crippen LogP contribution is -2.13. The summed E-state index contributed by atoms with van der Waals surface area (Å²) in [7, 11) is -3.67. The molecule has 1 heterocycles. The molecule has 2 aromatic rings. The number of halogens is 2. The molecule has 0 amide bonds. The molecule has 1 aromatic carbocycles. The molecule has 0 saturated heterocycles. The van der Waals surface area contributed by atoms with Crippen molar-refractivity contribution < 1.29 is 8.42 Å². The predicted molar refractivity (Wildman–Crippen MR) is 77.9 cm³/mol. The lowest BCUT2D eigenvalue weighted by molar-refractivity contribution is 0.601. The Hall–Kier alpha value is -1.05. The quantitative estimate of drug-likeness (QED) is 0.875. The molecule has 0 aliphatic carbocycles. The second-order valence-electron chi connectivity index (χ2n) is 3.81. The molecule has 0 saturated carbocycles. The summed E-state index contributed by atoms with van der Waals surface area (Å²) in [5, 5.41) is 7.08. The van der Waals surface area contributed by atoms with Crippen molar-refractivity contribution in [2.24, 2.45) is 0 Å². The lowest BCUT2D eigenvalue weighted by Gasteiger charge is -2.06. The van der Waals surface area contributed by atoms with E-state index in [2.05, 4.69) is 30.8 Å². The Kier molecular flexibility index (Phi) is 4.17. The van der Waals surface area contributed by atoms with E-state index in [1.165, 1.54) is 18.2 Å². The summed E-state index contributed by atoms with van der Waals surface area (Å²) >= 11 is 9.03. The Bertz CT molecular complexity index is 700. The van der Waals surface area contributed by atoms with Crippen molar-refractivity contribution in [1.29, 1.82) is 0 Å². The van der Waals surface area contributed by atoms with E-state index in [1.54, 1.807) is 6.07 Å². The van der Waals surface area contributed by atoms with Crippen LogP contribution in [0.3, 0.4) is 0 Å². The van der Waals surface area contributed by atoms with Gasteiger partial charge in [0.25, 0.3) is 10.0 Å². The summed E-state index contributed by atoms with van der Waals surface area (Å²) < 4.78 is 27.2. The number of benzene rings is 1. The zero-order valence-corrected chi connectivity index (χ0v) is 13.1. The monoisotopic (exact) mass is 363 g/mol. The molecule has 19 heavy (non-hydrogen) atoms. The highest BCUT2D eigenvalue weighted by molar-refractivity contribution is 9.10. The summed E-state index contributed by atoms with van der Waals surface area (Å²) in [5.41, 5.74) is 0.856. The molecule has 0 bridgehead atoms. The van der Waals surface area contributed by atoms with Crippen LogP contribution in [0.5, 0.6) is 0 Å². The zero-order chi connectivity index (χ0) is 14.0. The number of aromatic amines is 1. The van der Waals surface area contributed by atoms with E-state index in [9.17, 15) is 8.42 Å². The van der Waals surface area contributed by atoms with Gasteiger partial charge in [0, 0.05) is 16.2 Å². The van der Waals surface area contributed by atoms with Crippen LogP contribution in [0.15, 0.2) is 33.6 Å². The maximum atomic E-state index is 12.1. The number of nitrogens with zero attached hydrogens (tertiary/aromatic N) is 1. The molecule has 1 aromatic heterocycles. The number of H-pyrrole nitrogens is 1. The largest absolute Gasteiger partial charge is 0.280 e. The minimum absolute atomic E-state index is 0.116. The second kappa shape index (κ2) is 5.52. The van der Waals surface area contributed by atoms with Crippen molar-refractivity contribution >= 4 is 43.4 Å². The van der Waals surface area contributed by atoms with Gasteiger partial charge in [-0.15, -0.1) is 0 Å². The molecule has 0 aliphatic rings. The van der Waals surface area contributed by atoms with E-state index in [4.69, 9.17) is 11.6 Å². The highest BCUT2D eigenvalue weighted by Crippen LogP contribution is 2.26. The molecule has 2 rings (SSSR count). The molecule has 0 atom stereocenters. The zero-order valence-electron chi connectivity index (χ0n) is 9.94. The number of anilines is 1. The van der Waals surface area contributed by atoms with Gasteiger partial charge in [-0.2, -0.15) is 5.10 Å². The van der Waals surface area contributed by atoms with Gasteiger partial charge in [-0.05, 0) is 40.5 Å². The van der Waals surface area contributed by atoms with E-state index in [0.29, 0.717) is 9.50 Å². The van der Waals surface area contributed by atoms with Gasteiger partial charge in [0.2, 0.25) is 0 Å². The lowest BCUT2D eigenvalue weighted by atomic mass is 10.3. The highest BCUT2D eigenvalue weighted by Gasteiger charge is 2.16. The SMILES string of the molecule is CCc1cc(NS(=O)(=O)c2ccc(Cl)c(Br)c2)n[nH]1. The van der Waals surface area contributed by atoms with Crippen LogP contribution in [0, 0.1) is 0 Å². The Morgan fingerprint density at radius 2 is 2.16 bits per heavy atom. The minimum Gasteiger partial charge on any atom is -0.280 e. The minimum atomic E-state index is -3.67. The van der Waals surface area contributed by atoms with Crippen molar-refractivity contribution in [3.63, 3.8) is 0 Å². The van der Waals surface area contributed by atoms with Crippen LogP contribution >= 0.6 is 27.5 Å². The van der Waals surface area contributed by atoms with Gasteiger partial charge in [-0.3, -0.25) is 9.82 Å². The molecule has 0 fully saturated rings. The molecule has 102 valence electrons. The summed E-state index contributed by atoms with van der Waals surface area (Å²) in [5.74, 6) is 0.267. The summed E-state index contributed by atoms with van der Waals surface area (Å²) in [6, 6.07) is 6.05. The third-order valence-electron chi connectivity index (χ3n) is 2.45. The molecule has 0 aliphatic heterocycles. The summed E-state index contributed by atoms with van der Waals surface area (Å²) in [6.07, 6.45) is 0.751. The smallest absolute Gasteiger partial charge is 0.263 e. The van der Waals surface area contributed by atoms with Gasteiger partial charge >= 0.3 is 0 Å². The van der Waals surface area contributed by atoms with E-state index in [-0.39, 0.29) is 10.7 Å². The van der Waals surface area contributed by atoms with E-state index in [1.807, 2.05) is 6.92 Å². The number of sulfonamides is 1. The van der Waals surface area contributed by atoms with Gasteiger partial charge in [0.15, 0.2) is 5.82 Å². The van der Waals surface area contributed by atoms with Crippen molar-refractivity contribution in [3.8, 4) is 0 Å². The number of hydrogen-bond donors (Lipinski definition) is 2. The molecule has 5 nitrogen and oxygen atoms in total. The van der Waals surface area contributed by atoms with Gasteiger partial charge in [-0.25, -0.2) is 8.42 Å². The molecular weight excluding hydrogens is 354 g/mol. The van der Waals surface area contributed by atoms with Gasteiger partial charge in [0.1, 0.15) is 0 Å². The van der Waals surface area contributed by atoms with Crippen LogP contribution in [0.4, 0.5) is 5.82 Å². The number of rotatable bonds is 4. The maximum Gasteiger partial charge on any atom is 0.263 e. The molecule has 0 spiro atoms. The molecular formula is C11H11BrClN3O2S. The third kappa shape index (κ3) is 3.29. The summed E-state index contributed by atoms with van der Waals surface area (Å²) in [6.45, 7) is 1.95. The van der Waals surface area contributed by atoms with E-state index in [0.717, 1.165) is 12.1 Å². The Balaban J connectivity index is 2.29. The molecule has 8 heteroatoms. The highest BCUT2D eigenvalue weighted by atomic mass is 79.9.